The summed E-state index contributed by atoms with van der Waals surface area (Å²) in [5.41, 5.74) is 6.50. The SMILES string of the molecule is CC1(C)CC(=O)C2=C(C1)Nc1ccc3ncccc3c1C2c1ccsc1. The number of carbonyl (C=O) groups is 1. The second-order valence-corrected chi connectivity index (χ2v) is 8.82. The third-order valence-corrected chi connectivity index (χ3v) is 6.19. The number of hydrogen-bond acceptors (Lipinski definition) is 4. The molecule has 3 heterocycles. The van der Waals surface area contributed by atoms with Crippen LogP contribution in [0.2, 0.25) is 0 Å². The minimum absolute atomic E-state index is 0.00196. The third-order valence-electron chi connectivity index (χ3n) is 5.49. The molecule has 0 saturated heterocycles. The highest BCUT2D eigenvalue weighted by atomic mass is 32.1. The largest absolute Gasteiger partial charge is 0.358 e. The number of aromatic nitrogens is 1. The van der Waals surface area contributed by atoms with Crippen LogP contribution in [0.3, 0.4) is 0 Å². The van der Waals surface area contributed by atoms with Crippen molar-refractivity contribution in [2.24, 2.45) is 5.41 Å². The van der Waals surface area contributed by atoms with Crippen LogP contribution in [0, 0.1) is 5.41 Å². The van der Waals surface area contributed by atoms with Crippen molar-refractivity contribution in [3.05, 3.63) is 69.7 Å². The van der Waals surface area contributed by atoms with E-state index in [0.29, 0.717) is 6.42 Å². The monoisotopic (exact) mass is 360 g/mol. The second kappa shape index (κ2) is 5.52. The Morgan fingerprint density at radius 2 is 2.08 bits per heavy atom. The van der Waals surface area contributed by atoms with Crippen molar-refractivity contribution < 1.29 is 4.79 Å². The second-order valence-electron chi connectivity index (χ2n) is 8.04. The summed E-state index contributed by atoms with van der Waals surface area (Å²) in [7, 11) is 0. The molecule has 1 aliphatic heterocycles. The van der Waals surface area contributed by atoms with Crippen molar-refractivity contribution in [1.82, 2.24) is 4.98 Å². The number of benzene rings is 1. The zero-order chi connectivity index (χ0) is 17.9. The maximum Gasteiger partial charge on any atom is 0.162 e. The summed E-state index contributed by atoms with van der Waals surface area (Å²) in [4.78, 5) is 17.7. The van der Waals surface area contributed by atoms with E-state index in [1.54, 1.807) is 11.3 Å². The van der Waals surface area contributed by atoms with Crippen LogP contribution >= 0.6 is 11.3 Å². The lowest BCUT2D eigenvalue weighted by atomic mass is 9.68. The summed E-state index contributed by atoms with van der Waals surface area (Å²) in [6, 6.07) is 10.4. The topological polar surface area (TPSA) is 42.0 Å². The molecule has 5 rings (SSSR count). The van der Waals surface area contributed by atoms with Crippen molar-refractivity contribution in [3.63, 3.8) is 0 Å². The Balaban J connectivity index is 1.82. The Bertz CT molecular complexity index is 1060. The highest BCUT2D eigenvalue weighted by Gasteiger charge is 2.41. The molecule has 0 fully saturated rings. The van der Waals surface area contributed by atoms with Crippen molar-refractivity contribution in [1.29, 1.82) is 0 Å². The average Bonchev–Trinajstić information content (AvgIpc) is 3.13. The number of Topliss-reactive ketones (excluding diaryl/α,β-unsaturated/α-hetero) is 1. The van der Waals surface area contributed by atoms with Crippen LogP contribution in [0.25, 0.3) is 10.9 Å². The van der Waals surface area contributed by atoms with Gasteiger partial charge >= 0.3 is 0 Å². The summed E-state index contributed by atoms with van der Waals surface area (Å²) >= 11 is 1.68. The summed E-state index contributed by atoms with van der Waals surface area (Å²) < 4.78 is 0. The van der Waals surface area contributed by atoms with Crippen LogP contribution in [0.1, 0.15) is 43.7 Å². The number of rotatable bonds is 1. The number of anilines is 1. The molecule has 1 unspecified atom stereocenters. The molecule has 4 heteroatoms. The number of nitrogens with one attached hydrogen (secondary N) is 1. The van der Waals surface area contributed by atoms with E-state index in [0.717, 1.165) is 34.3 Å². The van der Waals surface area contributed by atoms with Crippen LogP contribution in [0.4, 0.5) is 5.69 Å². The van der Waals surface area contributed by atoms with Crippen LogP contribution < -0.4 is 5.32 Å². The number of carbonyl (C=O) groups excluding carboxylic acids is 1. The van der Waals surface area contributed by atoms with E-state index in [1.165, 1.54) is 11.1 Å². The molecule has 26 heavy (non-hydrogen) atoms. The van der Waals surface area contributed by atoms with Gasteiger partial charge in [-0.05, 0) is 58.0 Å². The van der Waals surface area contributed by atoms with Crippen molar-refractivity contribution in [2.75, 3.05) is 5.32 Å². The molecule has 2 aromatic heterocycles. The summed E-state index contributed by atoms with van der Waals surface area (Å²) in [5.74, 6) is 0.260. The van der Waals surface area contributed by atoms with Gasteiger partial charge in [-0.15, -0.1) is 0 Å². The molecule has 1 N–H and O–H groups in total. The lowest BCUT2D eigenvalue weighted by Crippen LogP contribution is -2.33. The lowest BCUT2D eigenvalue weighted by Gasteiger charge is -2.39. The average molecular weight is 360 g/mol. The van der Waals surface area contributed by atoms with Gasteiger partial charge in [0.2, 0.25) is 0 Å². The molecule has 1 aliphatic carbocycles. The van der Waals surface area contributed by atoms with E-state index in [4.69, 9.17) is 0 Å². The fraction of sp³-hybridized carbons (Fsp3) is 0.273. The van der Waals surface area contributed by atoms with Crippen LogP contribution in [0.5, 0.6) is 0 Å². The Labute approximate surface area is 156 Å². The first kappa shape index (κ1) is 15.8. The van der Waals surface area contributed by atoms with E-state index in [2.05, 4.69) is 59.2 Å². The van der Waals surface area contributed by atoms with Crippen molar-refractivity contribution in [3.8, 4) is 0 Å². The van der Waals surface area contributed by atoms with Crippen LogP contribution in [-0.2, 0) is 4.79 Å². The summed E-state index contributed by atoms with van der Waals surface area (Å²) in [6.07, 6.45) is 3.33. The highest BCUT2D eigenvalue weighted by molar-refractivity contribution is 7.08. The number of thiophene rings is 1. The van der Waals surface area contributed by atoms with Gasteiger partial charge in [-0.25, -0.2) is 0 Å². The van der Waals surface area contributed by atoms with Gasteiger partial charge < -0.3 is 5.32 Å². The fourth-order valence-electron chi connectivity index (χ4n) is 4.46. The van der Waals surface area contributed by atoms with Gasteiger partial charge in [-0.3, -0.25) is 9.78 Å². The number of nitrogens with zero attached hydrogens (tertiary/aromatic N) is 1. The van der Waals surface area contributed by atoms with Gasteiger partial charge in [0, 0.05) is 40.9 Å². The molecule has 0 bridgehead atoms. The van der Waals surface area contributed by atoms with Gasteiger partial charge in [0.05, 0.1) is 5.52 Å². The normalized spacial score (nSPS) is 21.3. The molecular formula is C22H20N2OS. The molecule has 0 spiro atoms. The van der Waals surface area contributed by atoms with E-state index >= 15 is 0 Å². The number of fused-ring (bicyclic) bond motifs is 3. The smallest absolute Gasteiger partial charge is 0.162 e. The molecule has 2 aliphatic rings. The Kier molecular flexibility index (Phi) is 3.35. The molecular weight excluding hydrogens is 340 g/mol. The minimum atomic E-state index is -0.0102. The maximum atomic E-state index is 13.2. The van der Waals surface area contributed by atoms with E-state index in [9.17, 15) is 4.79 Å². The molecule has 1 atom stereocenters. The number of pyridine rings is 1. The van der Waals surface area contributed by atoms with E-state index in [-0.39, 0.29) is 17.1 Å². The van der Waals surface area contributed by atoms with Gasteiger partial charge in [-0.2, -0.15) is 11.3 Å². The predicted molar refractivity (Wildman–Crippen MR) is 107 cm³/mol. The van der Waals surface area contributed by atoms with Gasteiger partial charge in [0.1, 0.15) is 0 Å². The van der Waals surface area contributed by atoms with Crippen LogP contribution in [-0.4, -0.2) is 10.8 Å². The highest BCUT2D eigenvalue weighted by Crippen LogP contribution is 2.50. The van der Waals surface area contributed by atoms with E-state index in [1.807, 2.05) is 12.3 Å². The molecule has 3 nitrogen and oxygen atoms in total. The minimum Gasteiger partial charge on any atom is -0.358 e. The first-order valence-electron chi connectivity index (χ1n) is 8.96. The number of allylic oxidation sites excluding steroid dienone is 2. The third kappa shape index (κ3) is 2.32. The van der Waals surface area contributed by atoms with Gasteiger partial charge in [0.25, 0.3) is 0 Å². The Hall–Kier alpha value is -2.46. The molecule has 3 aromatic rings. The number of hydrogen-bond donors (Lipinski definition) is 1. The summed E-state index contributed by atoms with van der Waals surface area (Å²) in [5, 5.41) is 8.99. The van der Waals surface area contributed by atoms with Crippen LogP contribution in [0.15, 0.2) is 58.6 Å². The Morgan fingerprint density at radius 1 is 1.19 bits per heavy atom. The first-order chi connectivity index (χ1) is 12.5. The quantitative estimate of drug-likeness (QED) is 0.623. The maximum absolute atomic E-state index is 13.2. The van der Waals surface area contributed by atoms with Crippen molar-refractivity contribution >= 4 is 33.7 Å². The molecule has 1 aromatic carbocycles. The molecule has 130 valence electrons. The lowest BCUT2D eigenvalue weighted by molar-refractivity contribution is -0.118. The van der Waals surface area contributed by atoms with Crippen molar-refractivity contribution in [2.45, 2.75) is 32.6 Å². The standard InChI is InChI=1S/C22H20N2OS/c1-22(2)10-17-21(18(25)11-22)19(13-7-9-26-12-13)20-14-4-3-8-23-15(14)5-6-16(20)24-17/h3-9,12,19,24H,10-11H2,1-2H3. The predicted octanol–water partition coefficient (Wildman–Crippen LogP) is 5.50. The first-order valence-corrected chi connectivity index (χ1v) is 9.91. The molecule has 0 amide bonds. The number of ketones is 1. The van der Waals surface area contributed by atoms with Gasteiger partial charge in [-0.1, -0.05) is 19.9 Å². The zero-order valence-corrected chi connectivity index (χ0v) is 15.7. The molecule has 0 radical (unpaired) electrons. The Morgan fingerprint density at radius 3 is 2.88 bits per heavy atom. The van der Waals surface area contributed by atoms with Gasteiger partial charge in [0.15, 0.2) is 5.78 Å². The fourth-order valence-corrected chi connectivity index (χ4v) is 5.14. The zero-order valence-electron chi connectivity index (χ0n) is 14.9. The summed E-state index contributed by atoms with van der Waals surface area (Å²) in [6.45, 7) is 4.35. The molecule has 0 saturated carbocycles. The van der Waals surface area contributed by atoms with E-state index < -0.39 is 0 Å².